The molecule has 0 radical (unpaired) electrons. The summed E-state index contributed by atoms with van der Waals surface area (Å²) in [7, 11) is -3.42. The Bertz CT molecular complexity index is 735. The summed E-state index contributed by atoms with van der Waals surface area (Å²) in [6.45, 7) is 6.91. The summed E-state index contributed by atoms with van der Waals surface area (Å²) in [5.74, 6) is 0.743. The van der Waals surface area contributed by atoms with Gasteiger partial charge in [-0.05, 0) is 43.1 Å². The number of amides is 1. The lowest BCUT2D eigenvalue weighted by Gasteiger charge is -2.39. The summed E-state index contributed by atoms with van der Waals surface area (Å²) in [6.07, 6.45) is 3.08. The van der Waals surface area contributed by atoms with Gasteiger partial charge in [0.15, 0.2) is 0 Å². The van der Waals surface area contributed by atoms with Crippen LogP contribution in [0.25, 0.3) is 0 Å². The van der Waals surface area contributed by atoms with Gasteiger partial charge in [0.2, 0.25) is 5.91 Å². The number of hydrogen-bond donors (Lipinski definition) is 1. The first-order valence-electron chi connectivity index (χ1n) is 10.4. The van der Waals surface area contributed by atoms with Gasteiger partial charge in [0.1, 0.15) is 0 Å². The van der Waals surface area contributed by atoms with Crippen molar-refractivity contribution in [2.75, 3.05) is 32.7 Å². The zero-order chi connectivity index (χ0) is 20.1. The van der Waals surface area contributed by atoms with E-state index in [-0.39, 0.29) is 11.8 Å². The van der Waals surface area contributed by atoms with Gasteiger partial charge in [-0.2, -0.15) is 17.0 Å². The molecule has 2 saturated heterocycles. The SMILES string of the molecule is C[C@@H]1C[C@@H](C)CN(S(=O)(=O)N2CCC(C(=O)NCCc3ccccc3)CC2)C1. The number of carbonyl (C=O) groups excluding carboxylic acids is 1. The quantitative estimate of drug-likeness (QED) is 0.787. The Kier molecular flexibility index (Phi) is 7.12. The fourth-order valence-corrected chi connectivity index (χ4v) is 6.31. The Morgan fingerprint density at radius 3 is 2.25 bits per heavy atom. The van der Waals surface area contributed by atoms with E-state index in [1.807, 2.05) is 18.2 Å². The highest BCUT2D eigenvalue weighted by Crippen LogP contribution is 2.27. The first-order chi connectivity index (χ1) is 13.4. The fraction of sp³-hybridized carbons (Fsp3) is 0.667. The van der Waals surface area contributed by atoms with E-state index < -0.39 is 10.2 Å². The number of carbonyl (C=O) groups is 1. The maximum Gasteiger partial charge on any atom is 0.281 e. The second-order valence-electron chi connectivity index (χ2n) is 8.47. The summed E-state index contributed by atoms with van der Waals surface area (Å²) in [5, 5.41) is 3.01. The van der Waals surface area contributed by atoms with Gasteiger partial charge in [-0.25, -0.2) is 0 Å². The molecular formula is C21H33N3O3S. The van der Waals surface area contributed by atoms with Crippen molar-refractivity contribution in [3.63, 3.8) is 0 Å². The number of nitrogens with one attached hydrogen (secondary N) is 1. The zero-order valence-electron chi connectivity index (χ0n) is 17.0. The van der Waals surface area contributed by atoms with Gasteiger partial charge < -0.3 is 5.32 Å². The third-order valence-electron chi connectivity index (χ3n) is 5.87. The molecule has 2 aliphatic rings. The molecule has 1 aromatic carbocycles. The van der Waals surface area contributed by atoms with Crippen LogP contribution in [0.3, 0.4) is 0 Å². The molecule has 0 saturated carbocycles. The van der Waals surface area contributed by atoms with Crippen molar-refractivity contribution in [2.45, 2.75) is 39.5 Å². The molecule has 1 amide bonds. The first kappa shape index (κ1) is 21.3. The van der Waals surface area contributed by atoms with E-state index in [4.69, 9.17) is 0 Å². The van der Waals surface area contributed by atoms with Crippen LogP contribution in [0.4, 0.5) is 0 Å². The maximum absolute atomic E-state index is 13.0. The highest BCUT2D eigenvalue weighted by molar-refractivity contribution is 7.86. The van der Waals surface area contributed by atoms with Gasteiger partial charge in [0.25, 0.3) is 10.2 Å². The standard InChI is InChI=1S/C21H33N3O3S/c1-17-14-18(2)16-24(15-17)28(26,27)23-12-9-20(10-13-23)21(25)22-11-8-19-6-4-3-5-7-19/h3-7,17-18,20H,8-16H2,1-2H3,(H,22,25)/t17-,18-/m1/s1. The third-order valence-corrected chi connectivity index (χ3v) is 7.84. The second-order valence-corrected chi connectivity index (χ2v) is 10.4. The lowest BCUT2D eigenvalue weighted by molar-refractivity contribution is -0.126. The summed E-state index contributed by atoms with van der Waals surface area (Å²) < 4.78 is 29.2. The summed E-state index contributed by atoms with van der Waals surface area (Å²) in [6, 6.07) is 10.1. The van der Waals surface area contributed by atoms with Crippen LogP contribution in [0, 0.1) is 17.8 Å². The average Bonchev–Trinajstić information content (AvgIpc) is 2.68. The van der Waals surface area contributed by atoms with Crippen LogP contribution in [0.5, 0.6) is 0 Å². The van der Waals surface area contributed by atoms with Crippen molar-refractivity contribution in [3.8, 4) is 0 Å². The summed E-state index contributed by atoms with van der Waals surface area (Å²) in [4.78, 5) is 12.4. The molecule has 2 aliphatic heterocycles. The predicted molar refractivity (Wildman–Crippen MR) is 111 cm³/mol. The molecule has 0 spiro atoms. The monoisotopic (exact) mass is 407 g/mol. The minimum atomic E-state index is -3.42. The van der Waals surface area contributed by atoms with Crippen LogP contribution < -0.4 is 5.32 Å². The van der Waals surface area contributed by atoms with E-state index in [0.717, 1.165) is 12.8 Å². The molecular weight excluding hydrogens is 374 g/mol. The van der Waals surface area contributed by atoms with Crippen LogP contribution in [0.15, 0.2) is 30.3 Å². The minimum absolute atomic E-state index is 0.0493. The van der Waals surface area contributed by atoms with E-state index in [1.54, 1.807) is 8.61 Å². The highest BCUT2D eigenvalue weighted by Gasteiger charge is 2.37. The molecule has 0 unspecified atom stereocenters. The Morgan fingerprint density at radius 1 is 1.04 bits per heavy atom. The number of nitrogens with zero attached hydrogens (tertiary/aromatic N) is 2. The van der Waals surface area contributed by atoms with E-state index >= 15 is 0 Å². The molecule has 7 heteroatoms. The van der Waals surface area contributed by atoms with Gasteiger partial charge in [-0.1, -0.05) is 44.2 Å². The van der Waals surface area contributed by atoms with Gasteiger partial charge in [0, 0.05) is 38.6 Å². The van der Waals surface area contributed by atoms with Crippen molar-refractivity contribution in [1.29, 1.82) is 0 Å². The Morgan fingerprint density at radius 2 is 1.64 bits per heavy atom. The largest absolute Gasteiger partial charge is 0.356 e. The summed E-state index contributed by atoms with van der Waals surface area (Å²) >= 11 is 0. The summed E-state index contributed by atoms with van der Waals surface area (Å²) in [5.41, 5.74) is 1.20. The Labute approximate surface area is 169 Å². The van der Waals surface area contributed by atoms with Crippen LogP contribution in [0.1, 0.15) is 38.7 Å². The molecule has 1 N–H and O–H groups in total. The van der Waals surface area contributed by atoms with Gasteiger partial charge in [-0.15, -0.1) is 0 Å². The van der Waals surface area contributed by atoms with E-state index in [9.17, 15) is 13.2 Å². The molecule has 2 heterocycles. The third kappa shape index (κ3) is 5.33. The van der Waals surface area contributed by atoms with E-state index in [2.05, 4.69) is 31.3 Å². The van der Waals surface area contributed by atoms with Crippen molar-refractivity contribution in [2.24, 2.45) is 17.8 Å². The number of benzene rings is 1. The second kappa shape index (κ2) is 9.37. The Hall–Kier alpha value is -1.44. The van der Waals surface area contributed by atoms with E-state index in [0.29, 0.717) is 57.4 Å². The number of piperidine rings is 2. The molecule has 0 aromatic heterocycles. The van der Waals surface area contributed by atoms with Gasteiger partial charge in [-0.3, -0.25) is 4.79 Å². The molecule has 2 fully saturated rings. The zero-order valence-corrected chi connectivity index (χ0v) is 17.8. The Balaban J connectivity index is 1.46. The molecule has 2 atom stereocenters. The molecule has 28 heavy (non-hydrogen) atoms. The minimum Gasteiger partial charge on any atom is -0.356 e. The maximum atomic E-state index is 13.0. The molecule has 156 valence electrons. The lowest BCUT2D eigenvalue weighted by atomic mass is 9.94. The van der Waals surface area contributed by atoms with Crippen LogP contribution in [0.2, 0.25) is 0 Å². The predicted octanol–water partition coefficient (Wildman–Crippen LogP) is 2.28. The highest BCUT2D eigenvalue weighted by atomic mass is 32.2. The normalized spacial score (nSPS) is 25.5. The molecule has 0 bridgehead atoms. The fourth-order valence-electron chi connectivity index (χ4n) is 4.43. The molecule has 1 aromatic rings. The van der Waals surface area contributed by atoms with Crippen LogP contribution in [-0.4, -0.2) is 55.7 Å². The van der Waals surface area contributed by atoms with E-state index in [1.165, 1.54) is 5.56 Å². The smallest absolute Gasteiger partial charge is 0.281 e. The van der Waals surface area contributed by atoms with Crippen LogP contribution in [-0.2, 0) is 21.4 Å². The van der Waals surface area contributed by atoms with Crippen molar-refractivity contribution in [3.05, 3.63) is 35.9 Å². The molecule has 3 rings (SSSR count). The number of hydrogen-bond acceptors (Lipinski definition) is 3. The first-order valence-corrected chi connectivity index (χ1v) is 11.8. The molecule has 6 nitrogen and oxygen atoms in total. The topological polar surface area (TPSA) is 69.7 Å². The molecule has 0 aliphatic carbocycles. The average molecular weight is 408 g/mol. The van der Waals surface area contributed by atoms with Crippen molar-refractivity contribution >= 4 is 16.1 Å². The van der Waals surface area contributed by atoms with Gasteiger partial charge >= 0.3 is 0 Å². The lowest BCUT2D eigenvalue weighted by Crippen LogP contribution is -2.52. The van der Waals surface area contributed by atoms with Crippen LogP contribution >= 0.6 is 0 Å². The number of rotatable bonds is 6. The van der Waals surface area contributed by atoms with Gasteiger partial charge in [0.05, 0.1) is 0 Å². The van der Waals surface area contributed by atoms with Crippen molar-refractivity contribution in [1.82, 2.24) is 13.9 Å². The van der Waals surface area contributed by atoms with Crippen molar-refractivity contribution < 1.29 is 13.2 Å².